The van der Waals surface area contributed by atoms with E-state index in [2.05, 4.69) is 6.07 Å². The Labute approximate surface area is 165 Å². The molecule has 6 heteroatoms. The first kappa shape index (κ1) is 17.7. The first-order valence-electron chi connectivity index (χ1n) is 8.12. The number of halogens is 3. The summed E-state index contributed by atoms with van der Waals surface area (Å²) in [4.78, 5) is 0. The summed E-state index contributed by atoms with van der Waals surface area (Å²) >= 11 is 12.4. The van der Waals surface area contributed by atoms with Crippen molar-refractivity contribution < 1.29 is 13.9 Å². The van der Waals surface area contributed by atoms with Gasteiger partial charge in [0.25, 0.3) is 0 Å². The van der Waals surface area contributed by atoms with E-state index in [4.69, 9.17) is 37.9 Å². The largest absolute Gasteiger partial charge is 0.440 e. The molecule has 0 bridgehead atoms. The minimum atomic E-state index is -1.60. The van der Waals surface area contributed by atoms with Crippen LogP contribution < -0.4 is 9.47 Å². The predicted octanol–water partition coefficient (Wildman–Crippen LogP) is 5.87. The van der Waals surface area contributed by atoms with Gasteiger partial charge >= 0.3 is 5.79 Å². The van der Waals surface area contributed by atoms with Crippen molar-refractivity contribution in [2.45, 2.75) is 12.2 Å². The molecule has 1 heterocycles. The molecule has 0 amide bonds. The van der Waals surface area contributed by atoms with Gasteiger partial charge in [0.2, 0.25) is 0 Å². The maximum absolute atomic E-state index is 14.7. The molecule has 3 aromatic carbocycles. The van der Waals surface area contributed by atoms with Crippen LogP contribution in [0.25, 0.3) is 0 Å². The number of hydrogen-bond donors (Lipinski definition) is 0. The summed E-state index contributed by atoms with van der Waals surface area (Å²) in [6.45, 7) is 0. The third kappa shape index (κ3) is 2.99. The highest BCUT2D eigenvalue weighted by Gasteiger charge is 2.48. The van der Waals surface area contributed by atoms with Crippen LogP contribution in [-0.4, -0.2) is 0 Å². The van der Waals surface area contributed by atoms with Crippen LogP contribution in [0.15, 0.2) is 60.7 Å². The Hall–Kier alpha value is -2.74. The second kappa shape index (κ2) is 6.77. The van der Waals surface area contributed by atoms with Crippen LogP contribution in [0.2, 0.25) is 10.0 Å². The van der Waals surface area contributed by atoms with Crippen molar-refractivity contribution in [1.82, 2.24) is 0 Å². The Balaban J connectivity index is 1.91. The lowest BCUT2D eigenvalue weighted by Gasteiger charge is -2.29. The summed E-state index contributed by atoms with van der Waals surface area (Å²) in [6, 6.07) is 18.3. The van der Waals surface area contributed by atoms with Crippen molar-refractivity contribution in [1.29, 1.82) is 5.26 Å². The fourth-order valence-corrected chi connectivity index (χ4v) is 3.63. The lowest BCUT2D eigenvalue weighted by atomic mass is 9.96. The fraction of sp³-hybridized carbons (Fsp3) is 0.0952. The van der Waals surface area contributed by atoms with Gasteiger partial charge in [-0.15, -0.1) is 0 Å². The molecule has 0 saturated carbocycles. The van der Waals surface area contributed by atoms with Crippen molar-refractivity contribution in [2.24, 2.45) is 0 Å². The summed E-state index contributed by atoms with van der Waals surface area (Å²) < 4.78 is 27.0. The maximum atomic E-state index is 14.7. The Bertz CT molecular complexity index is 1080. The van der Waals surface area contributed by atoms with Crippen LogP contribution in [0.4, 0.5) is 4.39 Å². The van der Waals surface area contributed by atoms with Crippen molar-refractivity contribution in [3.63, 3.8) is 0 Å². The Morgan fingerprint density at radius 3 is 2.44 bits per heavy atom. The van der Waals surface area contributed by atoms with Gasteiger partial charge in [0.05, 0.1) is 28.6 Å². The summed E-state index contributed by atoms with van der Waals surface area (Å²) in [5.41, 5.74) is 1.38. The second-order valence-corrected chi connectivity index (χ2v) is 6.88. The molecule has 0 fully saturated rings. The Morgan fingerprint density at radius 2 is 1.70 bits per heavy atom. The molecule has 0 aliphatic carbocycles. The molecule has 0 saturated heterocycles. The topological polar surface area (TPSA) is 42.2 Å². The fourth-order valence-electron chi connectivity index (χ4n) is 3.10. The van der Waals surface area contributed by atoms with Gasteiger partial charge in [-0.2, -0.15) is 5.26 Å². The molecule has 27 heavy (non-hydrogen) atoms. The molecule has 0 N–H and O–H groups in total. The van der Waals surface area contributed by atoms with E-state index < -0.39 is 11.6 Å². The van der Waals surface area contributed by atoms with E-state index in [1.165, 1.54) is 6.07 Å². The van der Waals surface area contributed by atoms with E-state index >= 15 is 0 Å². The summed E-state index contributed by atoms with van der Waals surface area (Å²) in [5, 5.41) is 9.66. The number of nitriles is 1. The van der Waals surface area contributed by atoms with Crippen LogP contribution in [0, 0.1) is 17.1 Å². The first-order valence-corrected chi connectivity index (χ1v) is 8.87. The molecule has 0 aromatic heterocycles. The predicted molar refractivity (Wildman–Crippen MR) is 101 cm³/mol. The van der Waals surface area contributed by atoms with Crippen molar-refractivity contribution in [3.8, 4) is 17.6 Å². The van der Waals surface area contributed by atoms with Crippen molar-refractivity contribution in [3.05, 3.63) is 93.2 Å². The number of nitrogens with zero attached hydrogens (tertiary/aromatic N) is 1. The molecule has 1 aliphatic heterocycles. The van der Waals surface area contributed by atoms with Crippen LogP contribution in [0.1, 0.15) is 16.7 Å². The SMILES string of the molecule is N#CCc1ccc2c(c1)OC(c1ccccc1F)(c1ccc(Cl)cc1Cl)O2. The van der Waals surface area contributed by atoms with Crippen LogP contribution in [0.5, 0.6) is 11.5 Å². The smallest absolute Gasteiger partial charge is 0.309 e. The average Bonchev–Trinajstić information content (AvgIpc) is 3.01. The molecule has 1 aliphatic rings. The van der Waals surface area contributed by atoms with Crippen LogP contribution in [-0.2, 0) is 12.2 Å². The molecule has 4 rings (SSSR count). The monoisotopic (exact) mass is 399 g/mol. The van der Waals surface area contributed by atoms with Gasteiger partial charge in [0.15, 0.2) is 11.5 Å². The van der Waals surface area contributed by atoms with Crippen molar-refractivity contribution in [2.75, 3.05) is 0 Å². The molecule has 3 nitrogen and oxygen atoms in total. The summed E-state index contributed by atoms with van der Waals surface area (Å²) in [6.07, 6.45) is 0.227. The third-order valence-corrected chi connectivity index (χ3v) is 4.86. The molecule has 134 valence electrons. The van der Waals surface area contributed by atoms with E-state index in [0.717, 1.165) is 5.56 Å². The van der Waals surface area contributed by atoms with Gasteiger partial charge in [-0.1, -0.05) is 41.4 Å². The summed E-state index contributed by atoms with van der Waals surface area (Å²) in [5.74, 6) is -1.24. The highest BCUT2D eigenvalue weighted by atomic mass is 35.5. The number of rotatable bonds is 3. The molecular weight excluding hydrogens is 388 g/mol. The zero-order valence-corrected chi connectivity index (χ0v) is 15.4. The normalized spacial score (nSPS) is 17.6. The Kier molecular flexibility index (Phi) is 4.43. The zero-order chi connectivity index (χ0) is 19.0. The molecule has 0 radical (unpaired) electrons. The van der Waals surface area contributed by atoms with Gasteiger partial charge in [0, 0.05) is 5.02 Å². The molecule has 3 aromatic rings. The second-order valence-electron chi connectivity index (χ2n) is 6.04. The Morgan fingerprint density at radius 1 is 0.926 bits per heavy atom. The van der Waals surface area contributed by atoms with E-state index in [0.29, 0.717) is 22.1 Å². The highest BCUT2D eigenvalue weighted by Crippen LogP contribution is 2.50. The minimum Gasteiger partial charge on any atom is -0.440 e. The van der Waals surface area contributed by atoms with E-state index in [-0.39, 0.29) is 17.0 Å². The average molecular weight is 400 g/mol. The van der Waals surface area contributed by atoms with Gasteiger partial charge in [-0.05, 0) is 48.0 Å². The zero-order valence-electron chi connectivity index (χ0n) is 13.9. The number of benzene rings is 3. The third-order valence-electron chi connectivity index (χ3n) is 4.31. The maximum Gasteiger partial charge on any atom is 0.309 e. The molecule has 1 unspecified atom stereocenters. The van der Waals surface area contributed by atoms with Gasteiger partial charge in [0.1, 0.15) is 5.82 Å². The lowest BCUT2D eigenvalue weighted by Crippen LogP contribution is -2.38. The van der Waals surface area contributed by atoms with E-state index in [1.54, 1.807) is 54.6 Å². The number of hydrogen-bond acceptors (Lipinski definition) is 3. The van der Waals surface area contributed by atoms with Crippen molar-refractivity contribution >= 4 is 23.2 Å². The summed E-state index contributed by atoms with van der Waals surface area (Å²) in [7, 11) is 0. The van der Waals surface area contributed by atoms with E-state index in [1.807, 2.05) is 0 Å². The standard InChI is InChI=1S/C21H12Cl2FNO2/c22-14-6-7-15(17(23)12-14)21(16-3-1-2-4-18(16)24)26-19-8-5-13(9-10-25)11-20(19)27-21/h1-8,11-12H,9H2. The van der Waals surface area contributed by atoms with Crippen LogP contribution in [0.3, 0.4) is 0 Å². The molecule has 0 spiro atoms. The van der Waals surface area contributed by atoms with E-state index in [9.17, 15) is 4.39 Å². The first-order chi connectivity index (χ1) is 13.0. The van der Waals surface area contributed by atoms with Gasteiger partial charge in [-0.25, -0.2) is 4.39 Å². The van der Waals surface area contributed by atoms with Crippen LogP contribution >= 0.6 is 23.2 Å². The van der Waals surface area contributed by atoms with Gasteiger partial charge < -0.3 is 9.47 Å². The highest BCUT2D eigenvalue weighted by molar-refractivity contribution is 6.35. The number of fused-ring (bicyclic) bond motifs is 1. The lowest BCUT2D eigenvalue weighted by molar-refractivity contribution is -0.0486. The number of ether oxygens (including phenoxy) is 2. The van der Waals surface area contributed by atoms with Gasteiger partial charge in [-0.3, -0.25) is 0 Å². The minimum absolute atomic E-state index is 0.187. The quantitative estimate of drug-likeness (QED) is 0.552. The molecule has 1 atom stereocenters. The molecular formula is C21H12Cl2FNO2.